The molecule has 0 aromatic carbocycles. The molecule has 1 N–H and O–H groups in total. The van der Waals surface area contributed by atoms with Gasteiger partial charge >= 0.3 is 11.9 Å². The monoisotopic (exact) mass is 257 g/mol. The second-order valence-electron chi connectivity index (χ2n) is 4.36. The van der Waals surface area contributed by atoms with Gasteiger partial charge in [0.15, 0.2) is 0 Å². The summed E-state index contributed by atoms with van der Waals surface area (Å²) in [6, 6.07) is -0.817. The molecule has 1 aliphatic heterocycles. The molecule has 0 aromatic rings. The van der Waals surface area contributed by atoms with E-state index in [9.17, 15) is 14.4 Å². The predicted molar refractivity (Wildman–Crippen MR) is 62.8 cm³/mol. The van der Waals surface area contributed by atoms with Gasteiger partial charge in [0, 0.05) is 6.54 Å². The molecule has 0 bridgehead atoms. The van der Waals surface area contributed by atoms with Crippen molar-refractivity contribution in [2.75, 3.05) is 13.2 Å². The largest absolute Gasteiger partial charge is 0.480 e. The number of nitrogens with zero attached hydrogens (tertiary/aromatic N) is 1. The van der Waals surface area contributed by atoms with Crippen LogP contribution < -0.4 is 0 Å². The number of piperidine rings is 1. The Morgan fingerprint density at radius 3 is 2.61 bits per heavy atom. The average molecular weight is 257 g/mol. The first-order valence-corrected chi connectivity index (χ1v) is 6.19. The summed E-state index contributed by atoms with van der Waals surface area (Å²) in [5.41, 5.74) is 0. The van der Waals surface area contributed by atoms with E-state index in [2.05, 4.69) is 0 Å². The Kier molecular flexibility index (Phi) is 5.12. The molecular weight excluding hydrogens is 238 g/mol. The van der Waals surface area contributed by atoms with Crippen molar-refractivity contribution >= 4 is 17.8 Å². The van der Waals surface area contributed by atoms with Crippen LogP contribution in [-0.2, 0) is 19.1 Å². The first-order valence-electron chi connectivity index (χ1n) is 6.19. The number of esters is 1. The van der Waals surface area contributed by atoms with E-state index in [4.69, 9.17) is 9.84 Å². The highest BCUT2D eigenvalue weighted by atomic mass is 16.5. The second kappa shape index (κ2) is 6.37. The van der Waals surface area contributed by atoms with Crippen molar-refractivity contribution in [2.24, 2.45) is 5.92 Å². The van der Waals surface area contributed by atoms with Crippen LogP contribution in [0.4, 0.5) is 0 Å². The van der Waals surface area contributed by atoms with Gasteiger partial charge in [-0.25, -0.2) is 4.79 Å². The van der Waals surface area contributed by atoms with Crippen LogP contribution in [0.25, 0.3) is 0 Å². The van der Waals surface area contributed by atoms with Gasteiger partial charge in [-0.05, 0) is 33.1 Å². The number of aliphatic carboxylic acids is 1. The molecule has 1 amide bonds. The maximum Gasteiger partial charge on any atom is 0.326 e. The molecule has 0 radical (unpaired) electrons. The summed E-state index contributed by atoms with van der Waals surface area (Å²) in [5.74, 6) is -3.01. The maximum absolute atomic E-state index is 12.1. The zero-order valence-electron chi connectivity index (χ0n) is 10.7. The van der Waals surface area contributed by atoms with Gasteiger partial charge in [0.25, 0.3) is 0 Å². The van der Waals surface area contributed by atoms with Crippen LogP contribution in [0.15, 0.2) is 0 Å². The quantitative estimate of drug-likeness (QED) is 0.590. The van der Waals surface area contributed by atoms with Crippen molar-refractivity contribution in [1.29, 1.82) is 0 Å². The third-order valence-electron chi connectivity index (χ3n) is 3.08. The van der Waals surface area contributed by atoms with Crippen molar-refractivity contribution in [3.63, 3.8) is 0 Å². The minimum absolute atomic E-state index is 0.207. The number of likely N-dealkylation sites (tertiary alicyclic amines) is 1. The molecule has 1 rings (SSSR count). The number of carbonyl (C=O) groups excluding carboxylic acids is 2. The zero-order chi connectivity index (χ0) is 13.7. The highest BCUT2D eigenvalue weighted by molar-refractivity contribution is 5.98. The summed E-state index contributed by atoms with van der Waals surface area (Å²) in [6.45, 7) is 3.71. The summed E-state index contributed by atoms with van der Waals surface area (Å²) >= 11 is 0. The molecule has 2 atom stereocenters. The molecule has 0 aliphatic carbocycles. The van der Waals surface area contributed by atoms with E-state index in [0.29, 0.717) is 13.0 Å². The molecule has 1 heterocycles. The van der Waals surface area contributed by atoms with Gasteiger partial charge in [-0.1, -0.05) is 0 Å². The summed E-state index contributed by atoms with van der Waals surface area (Å²) in [7, 11) is 0. The van der Waals surface area contributed by atoms with Crippen molar-refractivity contribution in [3.05, 3.63) is 0 Å². The molecule has 0 spiro atoms. The maximum atomic E-state index is 12.1. The molecule has 2 unspecified atom stereocenters. The number of ether oxygens (including phenoxy) is 1. The highest BCUT2D eigenvalue weighted by Gasteiger charge is 2.36. The van der Waals surface area contributed by atoms with Gasteiger partial charge in [-0.15, -0.1) is 0 Å². The molecular formula is C12H19NO5. The van der Waals surface area contributed by atoms with Crippen LogP contribution >= 0.6 is 0 Å². The first-order chi connectivity index (χ1) is 8.49. The minimum Gasteiger partial charge on any atom is -0.480 e. The van der Waals surface area contributed by atoms with E-state index in [1.807, 2.05) is 0 Å². The third kappa shape index (κ3) is 3.21. The fourth-order valence-electron chi connectivity index (χ4n) is 2.07. The van der Waals surface area contributed by atoms with E-state index in [-0.39, 0.29) is 6.61 Å². The highest BCUT2D eigenvalue weighted by Crippen LogP contribution is 2.20. The average Bonchev–Trinajstić information content (AvgIpc) is 2.37. The number of carboxylic acids is 1. The normalized spacial score (nSPS) is 21.2. The smallest absolute Gasteiger partial charge is 0.326 e. The number of hydrogen-bond acceptors (Lipinski definition) is 4. The number of carbonyl (C=O) groups is 3. The second-order valence-corrected chi connectivity index (χ2v) is 4.36. The van der Waals surface area contributed by atoms with Crippen LogP contribution in [0.5, 0.6) is 0 Å². The van der Waals surface area contributed by atoms with Crippen LogP contribution in [0.3, 0.4) is 0 Å². The molecule has 6 nitrogen and oxygen atoms in total. The molecule has 18 heavy (non-hydrogen) atoms. The van der Waals surface area contributed by atoms with E-state index in [1.165, 1.54) is 11.8 Å². The van der Waals surface area contributed by atoms with Gasteiger partial charge in [-0.2, -0.15) is 0 Å². The summed E-state index contributed by atoms with van der Waals surface area (Å²) in [5, 5.41) is 9.07. The lowest BCUT2D eigenvalue weighted by molar-refractivity contribution is -0.161. The lowest BCUT2D eigenvalue weighted by Gasteiger charge is -2.34. The molecule has 1 aliphatic rings. The van der Waals surface area contributed by atoms with Crippen molar-refractivity contribution in [1.82, 2.24) is 4.90 Å². The van der Waals surface area contributed by atoms with Gasteiger partial charge in [0.2, 0.25) is 5.91 Å². The Hall–Kier alpha value is -1.59. The first kappa shape index (κ1) is 14.5. The van der Waals surface area contributed by atoms with E-state index in [1.54, 1.807) is 6.92 Å². The molecule has 1 saturated heterocycles. The van der Waals surface area contributed by atoms with E-state index >= 15 is 0 Å². The Bertz CT molecular complexity index is 341. The van der Waals surface area contributed by atoms with E-state index < -0.39 is 29.8 Å². The Balaban J connectivity index is 2.74. The zero-order valence-corrected chi connectivity index (χ0v) is 10.7. The Morgan fingerprint density at radius 1 is 1.39 bits per heavy atom. The van der Waals surface area contributed by atoms with Crippen LogP contribution in [0.2, 0.25) is 0 Å². The van der Waals surface area contributed by atoms with Crippen molar-refractivity contribution in [3.8, 4) is 0 Å². The summed E-state index contributed by atoms with van der Waals surface area (Å²) in [4.78, 5) is 35.9. The van der Waals surface area contributed by atoms with Crippen LogP contribution in [-0.4, -0.2) is 47.0 Å². The van der Waals surface area contributed by atoms with Gasteiger partial charge in [0.1, 0.15) is 12.0 Å². The molecule has 0 saturated carbocycles. The number of carboxylic acid groups (broad SMARTS) is 1. The summed E-state index contributed by atoms with van der Waals surface area (Å²) < 4.78 is 4.78. The fourth-order valence-corrected chi connectivity index (χ4v) is 2.07. The SMILES string of the molecule is CCOC(=O)C(C)C(=O)N1CCCCC1C(=O)O. The van der Waals surface area contributed by atoms with E-state index in [0.717, 1.165) is 12.8 Å². The van der Waals surface area contributed by atoms with Crippen molar-refractivity contribution in [2.45, 2.75) is 39.2 Å². The van der Waals surface area contributed by atoms with Crippen LogP contribution in [0, 0.1) is 5.92 Å². The predicted octanol–water partition coefficient (Wildman–Crippen LogP) is 0.651. The lowest BCUT2D eigenvalue weighted by atomic mass is 9.99. The molecule has 6 heteroatoms. The van der Waals surface area contributed by atoms with Crippen molar-refractivity contribution < 1.29 is 24.2 Å². The molecule has 102 valence electrons. The number of amides is 1. The fraction of sp³-hybridized carbons (Fsp3) is 0.750. The third-order valence-corrected chi connectivity index (χ3v) is 3.08. The van der Waals surface area contributed by atoms with Gasteiger partial charge in [-0.3, -0.25) is 9.59 Å². The Labute approximate surface area is 106 Å². The topological polar surface area (TPSA) is 83.9 Å². The Morgan fingerprint density at radius 2 is 2.06 bits per heavy atom. The summed E-state index contributed by atoms with van der Waals surface area (Å²) in [6.07, 6.45) is 2.00. The molecule has 1 fully saturated rings. The molecule has 0 aromatic heterocycles. The number of rotatable bonds is 4. The number of hydrogen-bond donors (Lipinski definition) is 1. The standard InChI is InChI=1S/C12H19NO5/c1-3-18-12(17)8(2)10(14)13-7-5-4-6-9(13)11(15)16/h8-9H,3-7H2,1-2H3,(H,15,16). The van der Waals surface area contributed by atoms with Gasteiger partial charge in [0.05, 0.1) is 6.61 Å². The lowest BCUT2D eigenvalue weighted by Crippen LogP contribution is -2.51. The van der Waals surface area contributed by atoms with Gasteiger partial charge < -0.3 is 14.7 Å². The minimum atomic E-state index is -1.01. The van der Waals surface area contributed by atoms with Crippen LogP contribution in [0.1, 0.15) is 33.1 Å².